The van der Waals surface area contributed by atoms with Crippen LogP contribution in [0.2, 0.25) is 0 Å². The summed E-state index contributed by atoms with van der Waals surface area (Å²) in [7, 11) is 0. The molecule has 14 heteroatoms. The maximum atomic E-state index is 12.9. The molecule has 0 atom stereocenters. The summed E-state index contributed by atoms with van der Waals surface area (Å²) in [5.41, 5.74) is 9.26. The van der Waals surface area contributed by atoms with Crippen molar-refractivity contribution in [1.29, 1.82) is 0 Å². The van der Waals surface area contributed by atoms with Gasteiger partial charge in [0.1, 0.15) is 5.65 Å². The van der Waals surface area contributed by atoms with Gasteiger partial charge in [-0.1, -0.05) is 12.1 Å². The number of nitrogens with zero attached hydrogens (tertiary/aromatic N) is 5. The Hall–Kier alpha value is -5.14. The Bertz CT molecular complexity index is 1460. The number of amides is 2. The van der Waals surface area contributed by atoms with E-state index in [2.05, 4.69) is 19.6 Å². The van der Waals surface area contributed by atoms with E-state index in [0.717, 1.165) is 5.56 Å². The van der Waals surface area contributed by atoms with Crippen LogP contribution in [0.25, 0.3) is 28.2 Å². The summed E-state index contributed by atoms with van der Waals surface area (Å²) in [6.07, 6.45) is -0.0346. The molecule has 190 valence electrons. The van der Waals surface area contributed by atoms with Gasteiger partial charge in [0.25, 0.3) is 0 Å². The number of hydrogen-bond donors (Lipinski definition) is 1. The van der Waals surface area contributed by atoms with Crippen molar-refractivity contribution < 1.29 is 37.2 Å². The van der Waals surface area contributed by atoms with Gasteiger partial charge in [-0.15, -0.1) is 10.1 Å². The molecular weight excluding hydrogens is 497 g/mol. The number of aromatic nitrogens is 3. The van der Waals surface area contributed by atoms with Crippen molar-refractivity contribution in [2.24, 2.45) is 0 Å². The maximum Gasteiger partial charge on any atom is 0.409 e. The van der Waals surface area contributed by atoms with E-state index in [0.29, 0.717) is 28.3 Å². The molecule has 4 aromatic rings. The molecule has 0 saturated heterocycles. The van der Waals surface area contributed by atoms with Gasteiger partial charge < -0.3 is 15.4 Å². The average molecular weight is 514 g/mol. The predicted molar refractivity (Wildman–Crippen MR) is 123 cm³/mol. The molecule has 0 fully saturated rings. The number of pyridine rings is 2. The second-order valence-corrected chi connectivity index (χ2v) is 7.44. The first-order valence-electron chi connectivity index (χ1n) is 10.4. The molecule has 0 saturated carbocycles. The second-order valence-electron chi connectivity index (χ2n) is 7.44. The largest absolute Gasteiger partial charge is 0.409 e. The highest BCUT2D eigenvalue weighted by Gasteiger charge is 2.37. The monoisotopic (exact) mass is 514 g/mol. The van der Waals surface area contributed by atoms with E-state index in [4.69, 9.17) is 5.73 Å². The molecule has 11 nitrogen and oxygen atoms in total. The number of rotatable bonds is 8. The maximum absolute atomic E-state index is 12.9. The third kappa shape index (κ3) is 5.58. The van der Waals surface area contributed by atoms with E-state index >= 15 is 0 Å². The number of halogens is 3. The molecule has 2 N–H and O–H groups in total. The number of anilines is 2. The van der Waals surface area contributed by atoms with Gasteiger partial charge in [-0.2, -0.15) is 13.2 Å². The highest BCUT2D eigenvalue weighted by Crippen LogP contribution is 2.29. The molecule has 0 aliphatic heterocycles. The Morgan fingerprint density at radius 2 is 1.81 bits per heavy atom. The summed E-state index contributed by atoms with van der Waals surface area (Å²) in [4.78, 5) is 51.8. The standard InChI is InChI=1S/C23H17F3N6O5/c24-23(25,26)12-31(36-13-33)22(35)32(37-14-34)18-3-1-2-16(8-18)20-11-29-21-9-15(5-7-30(20)21)19-10-17(27)4-6-28-19/h1-11,13-14H,12H2,(H2,27,28). The Balaban J connectivity index is 1.68. The zero-order chi connectivity index (χ0) is 26.6. The first-order chi connectivity index (χ1) is 17.7. The minimum atomic E-state index is -4.90. The lowest BCUT2D eigenvalue weighted by Crippen LogP contribution is -2.47. The number of carbonyl (C=O) groups is 3. The van der Waals surface area contributed by atoms with E-state index in [-0.39, 0.29) is 28.8 Å². The van der Waals surface area contributed by atoms with Crippen LogP contribution in [0.4, 0.5) is 29.3 Å². The number of fused-ring (bicyclic) bond motifs is 1. The number of imidazole rings is 1. The molecule has 2 amide bonds. The van der Waals surface area contributed by atoms with Gasteiger partial charge in [-0.3, -0.25) is 19.0 Å². The van der Waals surface area contributed by atoms with Crippen molar-refractivity contribution >= 4 is 36.0 Å². The van der Waals surface area contributed by atoms with Crippen LogP contribution in [0.5, 0.6) is 0 Å². The Morgan fingerprint density at radius 1 is 1.03 bits per heavy atom. The van der Waals surface area contributed by atoms with Crippen molar-refractivity contribution in [2.45, 2.75) is 6.18 Å². The van der Waals surface area contributed by atoms with E-state index in [1.165, 1.54) is 18.2 Å². The third-order valence-corrected chi connectivity index (χ3v) is 5.00. The fourth-order valence-corrected chi connectivity index (χ4v) is 3.48. The number of carbonyl (C=O) groups excluding carboxylic acids is 3. The summed E-state index contributed by atoms with van der Waals surface area (Å²) in [5, 5.41) is -0.0260. The number of nitrogen functional groups attached to an aromatic ring is 1. The molecule has 0 aliphatic carbocycles. The highest BCUT2D eigenvalue weighted by atomic mass is 19.4. The van der Waals surface area contributed by atoms with Crippen molar-refractivity contribution in [3.05, 3.63) is 67.1 Å². The van der Waals surface area contributed by atoms with Crippen molar-refractivity contribution in [3.8, 4) is 22.5 Å². The Kier molecular flexibility index (Phi) is 6.90. The molecule has 0 aliphatic rings. The SMILES string of the molecule is Nc1ccnc(-c2ccn3c(-c4cccc(N(OC=O)C(=O)N(CC(F)(F)F)OC=O)c4)cnc3c2)c1. The van der Waals surface area contributed by atoms with Crippen molar-refractivity contribution in [2.75, 3.05) is 17.3 Å². The average Bonchev–Trinajstić information content (AvgIpc) is 3.29. The number of hydrogen-bond acceptors (Lipinski definition) is 8. The van der Waals surface area contributed by atoms with Crippen LogP contribution < -0.4 is 10.8 Å². The minimum Gasteiger partial charge on any atom is -0.399 e. The number of alkyl halides is 3. The molecule has 37 heavy (non-hydrogen) atoms. The smallest absolute Gasteiger partial charge is 0.399 e. The summed E-state index contributed by atoms with van der Waals surface area (Å²) < 4.78 is 40.3. The molecule has 0 spiro atoms. The van der Waals surface area contributed by atoms with Gasteiger partial charge in [0, 0.05) is 29.2 Å². The van der Waals surface area contributed by atoms with Gasteiger partial charge in [-0.05, 0) is 36.4 Å². The molecule has 0 unspecified atom stereocenters. The normalized spacial score (nSPS) is 11.1. The number of hydroxylamine groups is 3. The molecule has 0 bridgehead atoms. The molecule has 4 rings (SSSR count). The fourth-order valence-electron chi connectivity index (χ4n) is 3.48. The van der Waals surface area contributed by atoms with Gasteiger partial charge in [0.2, 0.25) is 0 Å². The first kappa shape index (κ1) is 25.0. The summed E-state index contributed by atoms with van der Waals surface area (Å²) in [5.74, 6) is 0. The van der Waals surface area contributed by atoms with E-state index in [1.807, 2.05) is 0 Å². The molecule has 3 aromatic heterocycles. The van der Waals surface area contributed by atoms with Crippen molar-refractivity contribution in [3.63, 3.8) is 0 Å². The van der Waals surface area contributed by atoms with Crippen LogP contribution in [-0.4, -0.2) is 51.1 Å². The van der Waals surface area contributed by atoms with Crippen LogP contribution in [0.15, 0.2) is 67.1 Å². The topological polar surface area (TPSA) is 132 Å². The van der Waals surface area contributed by atoms with Gasteiger partial charge in [0.05, 0.1) is 23.3 Å². The van der Waals surface area contributed by atoms with Crippen LogP contribution in [0.1, 0.15) is 0 Å². The fraction of sp³-hybridized carbons (Fsp3) is 0.0870. The van der Waals surface area contributed by atoms with Crippen molar-refractivity contribution in [1.82, 2.24) is 19.4 Å². The lowest BCUT2D eigenvalue weighted by molar-refractivity contribution is -0.203. The van der Waals surface area contributed by atoms with Gasteiger partial charge in [-0.25, -0.2) is 9.78 Å². The molecular formula is C23H17F3N6O5. The molecule has 0 radical (unpaired) electrons. The number of nitrogens with two attached hydrogens (primary N) is 1. The highest BCUT2D eigenvalue weighted by molar-refractivity contribution is 5.91. The summed E-state index contributed by atoms with van der Waals surface area (Å²) in [6.45, 7) is -2.44. The Labute approximate surface area is 206 Å². The number of urea groups is 1. The van der Waals surface area contributed by atoms with Crippen LogP contribution in [0.3, 0.4) is 0 Å². The quantitative estimate of drug-likeness (QED) is 0.279. The number of benzene rings is 1. The minimum absolute atomic E-state index is 0.119. The third-order valence-electron chi connectivity index (χ3n) is 5.00. The summed E-state index contributed by atoms with van der Waals surface area (Å²) in [6, 6.07) is 11.2. The van der Waals surface area contributed by atoms with E-state index < -0.39 is 18.8 Å². The lowest BCUT2D eigenvalue weighted by atomic mass is 10.1. The van der Waals surface area contributed by atoms with E-state index in [9.17, 15) is 27.6 Å². The van der Waals surface area contributed by atoms with E-state index in [1.54, 1.807) is 53.3 Å². The molecule has 1 aromatic carbocycles. The zero-order valence-electron chi connectivity index (χ0n) is 18.7. The lowest BCUT2D eigenvalue weighted by Gasteiger charge is -2.26. The van der Waals surface area contributed by atoms with Gasteiger partial charge >= 0.3 is 25.2 Å². The Morgan fingerprint density at radius 3 is 2.51 bits per heavy atom. The predicted octanol–water partition coefficient (Wildman–Crippen LogP) is 3.61. The van der Waals surface area contributed by atoms with Crippen LogP contribution in [-0.2, 0) is 19.3 Å². The second kappa shape index (κ2) is 10.2. The summed E-state index contributed by atoms with van der Waals surface area (Å²) >= 11 is 0. The first-order valence-corrected chi connectivity index (χ1v) is 10.4. The zero-order valence-corrected chi connectivity index (χ0v) is 18.7. The van der Waals surface area contributed by atoms with Crippen LogP contribution >= 0.6 is 0 Å². The van der Waals surface area contributed by atoms with Gasteiger partial charge in [0.15, 0.2) is 6.54 Å². The molecule has 3 heterocycles. The van der Waals surface area contributed by atoms with Crippen LogP contribution in [0, 0.1) is 0 Å².